The van der Waals surface area contributed by atoms with Crippen molar-refractivity contribution in [2.75, 3.05) is 24.3 Å². The van der Waals surface area contributed by atoms with E-state index in [0.29, 0.717) is 6.04 Å². The summed E-state index contributed by atoms with van der Waals surface area (Å²) in [5.41, 5.74) is 17.3. The van der Waals surface area contributed by atoms with Crippen molar-refractivity contribution in [1.82, 2.24) is 4.57 Å². The van der Waals surface area contributed by atoms with E-state index >= 15 is 0 Å². The van der Waals surface area contributed by atoms with Crippen LogP contribution in [0.25, 0.3) is 22.2 Å². The van der Waals surface area contributed by atoms with Crippen LogP contribution in [0.5, 0.6) is 5.75 Å². The number of nitrogen functional groups attached to an aromatic ring is 1. The summed E-state index contributed by atoms with van der Waals surface area (Å²) in [6, 6.07) is 14.9. The van der Waals surface area contributed by atoms with Gasteiger partial charge in [0.1, 0.15) is 11.9 Å². The number of fused-ring (bicyclic) bond motifs is 1. The molecule has 6 nitrogen and oxygen atoms in total. The second-order valence-electron chi connectivity index (χ2n) is 8.39. The van der Waals surface area contributed by atoms with Crippen molar-refractivity contribution < 1.29 is 9.47 Å². The summed E-state index contributed by atoms with van der Waals surface area (Å²) < 4.78 is 14.2. The van der Waals surface area contributed by atoms with Crippen molar-refractivity contribution in [2.45, 2.75) is 44.2 Å². The number of nitrogens with zero attached hydrogens (tertiary/aromatic N) is 1. The van der Waals surface area contributed by atoms with E-state index < -0.39 is 0 Å². The SMILES string of the molecule is NC(=S)Nc1ccc(-c2c(N)c3ccc(OC4CCOCC4)cc3n2C2CCC2)cc1. The number of benzene rings is 2. The second-order valence-corrected chi connectivity index (χ2v) is 8.83. The van der Waals surface area contributed by atoms with Crippen LogP contribution in [0.2, 0.25) is 0 Å². The fourth-order valence-corrected chi connectivity index (χ4v) is 4.67. The van der Waals surface area contributed by atoms with E-state index in [-0.39, 0.29) is 11.2 Å². The molecule has 2 fully saturated rings. The molecule has 2 heterocycles. The third kappa shape index (κ3) is 3.95. The number of nitrogens with one attached hydrogen (secondary N) is 1. The molecule has 2 aromatic carbocycles. The Morgan fingerprint density at radius 1 is 1.06 bits per heavy atom. The van der Waals surface area contributed by atoms with Gasteiger partial charge in [-0.05, 0) is 55.7 Å². The molecule has 5 N–H and O–H groups in total. The highest BCUT2D eigenvalue weighted by atomic mass is 32.1. The average Bonchev–Trinajstić information content (AvgIpc) is 3.00. The summed E-state index contributed by atoms with van der Waals surface area (Å²) in [5.74, 6) is 0.903. The third-order valence-corrected chi connectivity index (χ3v) is 6.45. The first-order valence-electron chi connectivity index (χ1n) is 10.9. The van der Waals surface area contributed by atoms with Crippen LogP contribution in [0, 0.1) is 0 Å². The highest BCUT2D eigenvalue weighted by molar-refractivity contribution is 7.80. The van der Waals surface area contributed by atoms with Gasteiger partial charge in [-0.25, -0.2) is 0 Å². The van der Waals surface area contributed by atoms with Gasteiger partial charge in [-0.2, -0.15) is 0 Å². The molecule has 5 rings (SSSR count). The number of rotatable bonds is 5. The highest BCUT2D eigenvalue weighted by Crippen LogP contribution is 2.45. The lowest BCUT2D eigenvalue weighted by Gasteiger charge is -2.30. The predicted molar refractivity (Wildman–Crippen MR) is 130 cm³/mol. The summed E-state index contributed by atoms with van der Waals surface area (Å²) in [7, 11) is 0. The number of thiocarbonyl (C=S) groups is 1. The number of aromatic nitrogens is 1. The molecule has 1 aliphatic carbocycles. The molecule has 162 valence electrons. The Hall–Kier alpha value is -2.77. The smallest absolute Gasteiger partial charge is 0.168 e. The Morgan fingerprint density at radius 3 is 2.45 bits per heavy atom. The Morgan fingerprint density at radius 2 is 1.81 bits per heavy atom. The second kappa shape index (κ2) is 8.40. The van der Waals surface area contributed by atoms with Gasteiger partial charge in [0.25, 0.3) is 0 Å². The number of ether oxygens (including phenoxy) is 2. The minimum atomic E-state index is 0.212. The molecule has 7 heteroatoms. The van der Waals surface area contributed by atoms with E-state index in [1.54, 1.807) is 0 Å². The maximum Gasteiger partial charge on any atom is 0.168 e. The van der Waals surface area contributed by atoms with Gasteiger partial charge in [-0.15, -0.1) is 0 Å². The Balaban J connectivity index is 1.55. The number of nitrogens with two attached hydrogens (primary N) is 2. The first kappa shape index (κ1) is 20.2. The molecule has 1 saturated heterocycles. The third-order valence-electron chi connectivity index (χ3n) is 6.35. The van der Waals surface area contributed by atoms with Gasteiger partial charge in [0.2, 0.25) is 0 Å². The van der Waals surface area contributed by atoms with E-state index in [1.165, 1.54) is 19.3 Å². The predicted octanol–water partition coefficient (Wildman–Crippen LogP) is 4.83. The van der Waals surface area contributed by atoms with E-state index in [4.69, 9.17) is 33.2 Å². The number of anilines is 2. The largest absolute Gasteiger partial charge is 0.490 e. The number of hydrogen-bond acceptors (Lipinski definition) is 4. The van der Waals surface area contributed by atoms with Crippen molar-refractivity contribution in [2.24, 2.45) is 5.73 Å². The molecule has 0 radical (unpaired) electrons. The van der Waals surface area contributed by atoms with Crippen LogP contribution in [0.3, 0.4) is 0 Å². The lowest BCUT2D eigenvalue weighted by atomic mass is 9.92. The zero-order chi connectivity index (χ0) is 21.4. The Bertz CT molecular complexity index is 1100. The quantitative estimate of drug-likeness (QED) is 0.497. The molecule has 3 aromatic rings. The normalized spacial score (nSPS) is 17.4. The molecule has 0 amide bonds. The maximum absolute atomic E-state index is 6.71. The zero-order valence-corrected chi connectivity index (χ0v) is 18.3. The van der Waals surface area contributed by atoms with Crippen LogP contribution in [0.4, 0.5) is 11.4 Å². The molecule has 0 unspecified atom stereocenters. The minimum absolute atomic E-state index is 0.212. The molecule has 0 spiro atoms. The van der Waals surface area contributed by atoms with Crippen molar-refractivity contribution in [1.29, 1.82) is 0 Å². The minimum Gasteiger partial charge on any atom is -0.490 e. The van der Waals surface area contributed by atoms with Gasteiger partial charge >= 0.3 is 0 Å². The van der Waals surface area contributed by atoms with E-state index in [0.717, 1.165) is 65.3 Å². The van der Waals surface area contributed by atoms with Crippen molar-refractivity contribution in [3.63, 3.8) is 0 Å². The van der Waals surface area contributed by atoms with Crippen LogP contribution in [-0.4, -0.2) is 29.0 Å². The fraction of sp³-hybridized carbons (Fsp3) is 0.375. The summed E-state index contributed by atoms with van der Waals surface area (Å²) >= 11 is 4.94. The summed E-state index contributed by atoms with van der Waals surface area (Å²) in [5, 5.41) is 4.31. The molecular formula is C24H28N4O2S. The summed E-state index contributed by atoms with van der Waals surface area (Å²) in [6.45, 7) is 1.53. The highest BCUT2D eigenvalue weighted by Gasteiger charge is 2.27. The van der Waals surface area contributed by atoms with Crippen molar-refractivity contribution in [3.8, 4) is 17.0 Å². The van der Waals surface area contributed by atoms with Crippen molar-refractivity contribution in [3.05, 3.63) is 42.5 Å². The van der Waals surface area contributed by atoms with E-state index in [2.05, 4.69) is 34.1 Å². The van der Waals surface area contributed by atoms with Gasteiger partial charge in [0.05, 0.1) is 30.1 Å². The Kier molecular flexibility index (Phi) is 5.46. The average molecular weight is 437 g/mol. The van der Waals surface area contributed by atoms with Crippen LogP contribution in [-0.2, 0) is 4.74 Å². The summed E-state index contributed by atoms with van der Waals surface area (Å²) in [4.78, 5) is 0. The van der Waals surface area contributed by atoms with Gasteiger partial charge in [0.15, 0.2) is 5.11 Å². The van der Waals surface area contributed by atoms with E-state index in [9.17, 15) is 0 Å². The maximum atomic E-state index is 6.71. The monoisotopic (exact) mass is 436 g/mol. The van der Waals surface area contributed by atoms with Crippen LogP contribution in [0.15, 0.2) is 42.5 Å². The molecular weight excluding hydrogens is 408 g/mol. The van der Waals surface area contributed by atoms with Crippen LogP contribution >= 0.6 is 12.2 Å². The zero-order valence-electron chi connectivity index (χ0n) is 17.5. The first-order chi connectivity index (χ1) is 15.1. The van der Waals surface area contributed by atoms with E-state index in [1.807, 2.05) is 18.2 Å². The standard InChI is InChI=1S/C24H28N4O2S/c25-22-20-9-8-19(30-18-10-12-29-13-11-18)14-21(20)28(17-2-1-3-17)23(22)15-4-6-16(7-5-15)27-24(26)31/h4-9,14,17-18H,1-3,10-13,25H2,(H3,26,27,31). The van der Waals surface area contributed by atoms with Gasteiger partial charge in [-0.3, -0.25) is 0 Å². The fourth-order valence-electron chi connectivity index (χ4n) is 4.55. The molecule has 1 saturated carbocycles. The van der Waals surface area contributed by atoms with Gasteiger partial charge in [-0.1, -0.05) is 12.1 Å². The molecule has 31 heavy (non-hydrogen) atoms. The molecule has 0 atom stereocenters. The lowest BCUT2D eigenvalue weighted by Crippen LogP contribution is -2.25. The van der Waals surface area contributed by atoms with Crippen LogP contribution < -0.4 is 21.5 Å². The molecule has 2 aliphatic rings. The lowest BCUT2D eigenvalue weighted by molar-refractivity contribution is 0.0256. The Labute approximate surface area is 187 Å². The van der Waals surface area contributed by atoms with Crippen LogP contribution in [0.1, 0.15) is 38.1 Å². The topological polar surface area (TPSA) is 87.5 Å². The van der Waals surface area contributed by atoms with Crippen molar-refractivity contribution >= 4 is 39.6 Å². The first-order valence-corrected chi connectivity index (χ1v) is 11.4. The molecule has 0 bridgehead atoms. The summed E-state index contributed by atoms with van der Waals surface area (Å²) in [6.07, 6.45) is 5.66. The van der Waals surface area contributed by atoms with Gasteiger partial charge in [0, 0.05) is 41.6 Å². The number of hydrogen-bond donors (Lipinski definition) is 3. The molecule has 1 aliphatic heterocycles. The molecule has 1 aromatic heterocycles. The van der Waals surface area contributed by atoms with Gasteiger partial charge < -0.3 is 30.8 Å².